The molecule has 2 aromatic rings. The summed E-state index contributed by atoms with van der Waals surface area (Å²) < 4.78 is 72.4. The Balaban J connectivity index is 1.79. The molecule has 33 heavy (non-hydrogen) atoms. The molecule has 1 unspecified atom stereocenters. The van der Waals surface area contributed by atoms with Gasteiger partial charge in [0.2, 0.25) is 5.91 Å². The zero-order chi connectivity index (χ0) is 24.3. The normalized spacial score (nSPS) is 15.9. The van der Waals surface area contributed by atoms with Crippen molar-refractivity contribution in [3.63, 3.8) is 0 Å². The highest BCUT2D eigenvalue weighted by Gasteiger charge is 2.34. The van der Waals surface area contributed by atoms with Crippen molar-refractivity contribution in [1.29, 1.82) is 0 Å². The quantitative estimate of drug-likeness (QED) is 0.600. The van der Waals surface area contributed by atoms with Crippen LogP contribution in [0, 0.1) is 17.6 Å². The summed E-state index contributed by atoms with van der Waals surface area (Å²) in [6, 6.07) is 4.23. The van der Waals surface area contributed by atoms with Gasteiger partial charge in [-0.05, 0) is 49.4 Å². The zero-order valence-electron chi connectivity index (χ0n) is 18.6. The topological polar surface area (TPSA) is 54.5 Å². The molecule has 10 heteroatoms. The maximum absolute atomic E-state index is 14.0. The van der Waals surface area contributed by atoms with Crippen molar-refractivity contribution >= 4 is 11.7 Å². The van der Waals surface area contributed by atoms with Crippen LogP contribution in [0.4, 0.5) is 27.8 Å². The minimum atomic E-state index is -4.59. The molecule has 5 nitrogen and oxygen atoms in total. The fourth-order valence-corrected chi connectivity index (χ4v) is 3.78. The highest BCUT2D eigenvalue weighted by molar-refractivity contribution is 5.83. The fraction of sp³-hybridized carbons (Fsp3) is 0.478. The summed E-state index contributed by atoms with van der Waals surface area (Å²) in [5.74, 6) is -3.17. The number of nitrogens with zero attached hydrogens (tertiary/aromatic N) is 2. The minimum Gasteiger partial charge on any atom is -0.491 e. The van der Waals surface area contributed by atoms with E-state index in [9.17, 15) is 26.7 Å². The summed E-state index contributed by atoms with van der Waals surface area (Å²) in [6.45, 7) is 4.63. The highest BCUT2D eigenvalue weighted by Crippen LogP contribution is 2.32. The predicted molar refractivity (Wildman–Crippen MR) is 113 cm³/mol. The van der Waals surface area contributed by atoms with E-state index in [1.54, 1.807) is 4.90 Å². The molecule has 1 fully saturated rings. The van der Waals surface area contributed by atoms with Gasteiger partial charge in [0.05, 0.1) is 13.0 Å². The molecule has 0 aliphatic carbocycles. The Morgan fingerprint density at radius 2 is 1.82 bits per heavy atom. The molecule has 0 radical (unpaired) electrons. The number of carbonyl (C=O) groups is 1. The molecule has 1 N–H and O–H groups in total. The number of hydrogen-bond acceptors (Lipinski definition) is 4. The number of alkyl halides is 3. The molecule has 1 saturated heterocycles. The van der Waals surface area contributed by atoms with Crippen LogP contribution in [-0.4, -0.2) is 31.1 Å². The van der Waals surface area contributed by atoms with Crippen LogP contribution in [0.3, 0.4) is 0 Å². The lowest BCUT2D eigenvalue weighted by Crippen LogP contribution is -2.35. The van der Waals surface area contributed by atoms with Crippen molar-refractivity contribution in [2.75, 3.05) is 25.1 Å². The second-order valence-corrected chi connectivity index (χ2v) is 8.30. The SMILES string of the molecule is COc1c(F)cc(C(C)C(=O)NCc2ccc(C(F)(F)F)nc2N2CCC(C)CC2)cc1F. The van der Waals surface area contributed by atoms with Gasteiger partial charge in [-0.3, -0.25) is 4.79 Å². The van der Waals surface area contributed by atoms with E-state index in [1.807, 2.05) is 0 Å². The first-order valence-corrected chi connectivity index (χ1v) is 10.6. The lowest BCUT2D eigenvalue weighted by Gasteiger charge is -2.33. The van der Waals surface area contributed by atoms with Crippen LogP contribution >= 0.6 is 0 Å². The van der Waals surface area contributed by atoms with Gasteiger partial charge in [-0.2, -0.15) is 13.2 Å². The Hall–Kier alpha value is -2.91. The van der Waals surface area contributed by atoms with Gasteiger partial charge in [-0.15, -0.1) is 0 Å². The fourth-order valence-electron chi connectivity index (χ4n) is 3.78. The number of benzene rings is 1. The summed E-state index contributed by atoms with van der Waals surface area (Å²) >= 11 is 0. The Labute approximate surface area is 188 Å². The Morgan fingerprint density at radius 1 is 1.21 bits per heavy atom. The molecule has 3 rings (SSSR count). The number of nitrogens with one attached hydrogen (secondary N) is 1. The van der Waals surface area contributed by atoms with E-state index in [0.717, 1.165) is 38.2 Å². The number of anilines is 1. The average molecular weight is 471 g/mol. The minimum absolute atomic E-state index is 0.0726. The van der Waals surface area contributed by atoms with Gasteiger partial charge in [0.15, 0.2) is 17.4 Å². The van der Waals surface area contributed by atoms with E-state index in [2.05, 4.69) is 22.0 Å². The van der Waals surface area contributed by atoms with E-state index in [4.69, 9.17) is 0 Å². The summed E-state index contributed by atoms with van der Waals surface area (Å²) in [5, 5.41) is 2.65. The number of halogens is 5. The number of ether oxygens (including phenoxy) is 1. The summed E-state index contributed by atoms with van der Waals surface area (Å²) in [5.41, 5.74) is -0.451. The molecule has 1 aromatic carbocycles. The monoisotopic (exact) mass is 471 g/mol. The van der Waals surface area contributed by atoms with Gasteiger partial charge in [0, 0.05) is 25.2 Å². The second kappa shape index (κ2) is 9.93. The van der Waals surface area contributed by atoms with E-state index < -0.39 is 41.1 Å². The summed E-state index contributed by atoms with van der Waals surface area (Å²) in [6.07, 6.45) is -2.93. The first kappa shape index (κ1) is 24.7. The van der Waals surface area contributed by atoms with Crippen LogP contribution in [0.2, 0.25) is 0 Å². The van der Waals surface area contributed by atoms with Crippen LogP contribution in [0.1, 0.15) is 49.4 Å². The number of methoxy groups -OCH3 is 1. The van der Waals surface area contributed by atoms with Crippen LogP contribution in [-0.2, 0) is 17.5 Å². The lowest BCUT2D eigenvalue weighted by atomic mass is 9.98. The van der Waals surface area contributed by atoms with E-state index in [-0.39, 0.29) is 17.9 Å². The van der Waals surface area contributed by atoms with Crippen LogP contribution in [0.5, 0.6) is 5.75 Å². The van der Waals surface area contributed by atoms with Crippen LogP contribution in [0.15, 0.2) is 24.3 Å². The third-order valence-electron chi connectivity index (χ3n) is 5.90. The Kier molecular flexibility index (Phi) is 7.44. The van der Waals surface area contributed by atoms with Crippen LogP contribution in [0.25, 0.3) is 0 Å². The molecule has 0 spiro atoms. The van der Waals surface area contributed by atoms with Gasteiger partial charge in [-0.1, -0.05) is 13.0 Å². The molecule has 0 bridgehead atoms. The van der Waals surface area contributed by atoms with Crippen LogP contribution < -0.4 is 15.0 Å². The number of hydrogen-bond donors (Lipinski definition) is 1. The number of pyridine rings is 1. The second-order valence-electron chi connectivity index (χ2n) is 8.30. The molecular weight excluding hydrogens is 445 g/mol. The molecule has 2 heterocycles. The third kappa shape index (κ3) is 5.72. The van der Waals surface area contributed by atoms with Gasteiger partial charge in [0.25, 0.3) is 0 Å². The molecular formula is C23H26F5N3O2. The lowest BCUT2D eigenvalue weighted by molar-refractivity contribution is -0.141. The number of carbonyl (C=O) groups excluding carboxylic acids is 1. The van der Waals surface area contributed by atoms with Crippen molar-refractivity contribution in [3.8, 4) is 5.75 Å². The number of piperidine rings is 1. The standard InChI is InChI=1S/C23H26F5N3O2/c1-13-6-8-31(9-7-13)21-15(4-5-19(30-21)23(26,27)28)12-29-22(32)14(2)16-10-17(24)20(33-3)18(25)11-16/h4-5,10-11,13-14H,6-9,12H2,1-3H3,(H,29,32). The van der Waals surface area contributed by atoms with Crippen molar-refractivity contribution < 1.29 is 31.5 Å². The Bertz CT molecular complexity index is 981. The summed E-state index contributed by atoms with van der Waals surface area (Å²) in [7, 11) is 1.13. The molecule has 1 aliphatic heterocycles. The van der Waals surface area contributed by atoms with Gasteiger partial charge < -0.3 is 15.0 Å². The number of amides is 1. The number of rotatable bonds is 6. The van der Waals surface area contributed by atoms with Gasteiger partial charge in [-0.25, -0.2) is 13.8 Å². The first-order chi connectivity index (χ1) is 15.5. The predicted octanol–water partition coefficient (Wildman–Crippen LogP) is 5.04. The maximum atomic E-state index is 14.0. The first-order valence-electron chi connectivity index (χ1n) is 10.6. The number of aromatic nitrogens is 1. The smallest absolute Gasteiger partial charge is 0.433 e. The average Bonchev–Trinajstić information content (AvgIpc) is 2.76. The van der Waals surface area contributed by atoms with E-state index in [1.165, 1.54) is 13.0 Å². The van der Waals surface area contributed by atoms with Crippen molar-refractivity contribution in [2.45, 2.75) is 45.3 Å². The summed E-state index contributed by atoms with van der Waals surface area (Å²) in [4.78, 5) is 18.3. The van der Waals surface area contributed by atoms with E-state index in [0.29, 0.717) is 24.6 Å². The molecule has 1 aromatic heterocycles. The van der Waals surface area contributed by atoms with Crippen molar-refractivity contribution in [1.82, 2.24) is 10.3 Å². The molecule has 1 amide bonds. The zero-order valence-corrected chi connectivity index (χ0v) is 18.6. The molecule has 1 aliphatic rings. The largest absolute Gasteiger partial charge is 0.491 e. The van der Waals surface area contributed by atoms with Gasteiger partial charge in [0.1, 0.15) is 11.5 Å². The maximum Gasteiger partial charge on any atom is 0.433 e. The molecule has 1 atom stereocenters. The molecule has 180 valence electrons. The highest BCUT2D eigenvalue weighted by atomic mass is 19.4. The molecule has 0 saturated carbocycles. The van der Waals surface area contributed by atoms with Crippen molar-refractivity contribution in [3.05, 3.63) is 52.7 Å². The third-order valence-corrected chi connectivity index (χ3v) is 5.90. The van der Waals surface area contributed by atoms with Gasteiger partial charge >= 0.3 is 6.18 Å². The Morgan fingerprint density at radius 3 is 2.36 bits per heavy atom. The van der Waals surface area contributed by atoms with E-state index >= 15 is 0 Å². The van der Waals surface area contributed by atoms with Crippen molar-refractivity contribution in [2.24, 2.45) is 5.92 Å².